The number of esters is 1. The molecule has 3 rings (SSSR count). The van der Waals surface area contributed by atoms with Gasteiger partial charge in [0.05, 0.1) is 6.61 Å². The van der Waals surface area contributed by atoms with Crippen LogP contribution in [0.2, 0.25) is 0 Å². The molecule has 118 valence electrons. The van der Waals surface area contributed by atoms with Crippen LogP contribution in [-0.2, 0) is 20.1 Å². The van der Waals surface area contributed by atoms with Crippen molar-refractivity contribution in [3.05, 3.63) is 48.6 Å². The normalized spacial score (nSPS) is 32.3. The van der Waals surface area contributed by atoms with E-state index in [1.165, 1.54) is 0 Å². The molecule has 0 saturated carbocycles. The van der Waals surface area contributed by atoms with Crippen molar-refractivity contribution in [2.45, 2.75) is 50.3 Å². The number of benzene rings is 1. The number of fused-ring (bicyclic) bond motifs is 1. The van der Waals surface area contributed by atoms with E-state index in [0.29, 0.717) is 6.61 Å². The number of hydrogen-bond donors (Lipinski definition) is 0. The van der Waals surface area contributed by atoms with Crippen LogP contribution in [0.5, 0.6) is 0 Å². The minimum Gasteiger partial charge on any atom is -0.465 e. The third-order valence-corrected chi connectivity index (χ3v) is 4.68. The summed E-state index contributed by atoms with van der Waals surface area (Å²) >= 11 is 0. The van der Waals surface area contributed by atoms with Gasteiger partial charge in [0.1, 0.15) is 5.54 Å². The SMILES string of the molecule is C=CCCC[C@@]1(C(=O)OCC)CC[C@@]2(c3ccccc3)ON12. The number of rotatable bonds is 7. The Bertz CT molecular complexity index is 559. The summed E-state index contributed by atoms with van der Waals surface area (Å²) in [4.78, 5) is 18.5. The first kappa shape index (κ1) is 15.3. The van der Waals surface area contributed by atoms with Crippen LogP contribution in [0.15, 0.2) is 43.0 Å². The summed E-state index contributed by atoms with van der Waals surface area (Å²) in [5.74, 6) is -0.158. The van der Waals surface area contributed by atoms with E-state index in [4.69, 9.17) is 9.57 Å². The van der Waals surface area contributed by atoms with Gasteiger partial charge >= 0.3 is 5.97 Å². The zero-order valence-electron chi connectivity index (χ0n) is 13.1. The standard InChI is InChI=1S/C18H23NO3/c1-3-5-9-12-17(16(20)21-4-2)13-14-18(19(17)22-18)15-10-7-6-8-11-15/h3,6-8,10-11H,1,4-5,9,12-14H2,2H3/t17-,18-,19?/m0/s1. The first-order valence-corrected chi connectivity index (χ1v) is 8.03. The fraction of sp³-hybridized carbons (Fsp3) is 0.500. The molecule has 0 amide bonds. The Kier molecular flexibility index (Phi) is 4.06. The maximum Gasteiger partial charge on any atom is 0.329 e. The van der Waals surface area contributed by atoms with Crippen LogP contribution in [0.3, 0.4) is 0 Å². The first-order chi connectivity index (χ1) is 10.7. The lowest BCUT2D eigenvalue weighted by molar-refractivity contribution is -0.159. The van der Waals surface area contributed by atoms with Gasteiger partial charge in [-0.3, -0.25) is 4.84 Å². The Morgan fingerprint density at radius 2 is 2.18 bits per heavy atom. The average molecular weight is 301 g/mol. The first-order valence-electron chi connectivity index (χ1n) is 8.03. The van der Waals surface area contributed by atoms with Crippen molar-refractivity contribution in [3.8, 4) is 0 Å². The fourth-order valence-corrected chi connectivity index (χ4v) is 3.52. The number of carbonyl (C=O) groups is 1. The predicted molar refractivity (Wildman–Crippen MR) is 83.7 cm³/mol. The number of hydroxylamine groups is 2. The molecule has 0 aromatic heterocycles. The maximum absolute atomic E-state index is 12.6. The second kappa shape index (κ2) is 5.86. The number of unbranched alkanes of at least 4 members (excludes halogenated alkanes) is 1. The van der Waals surface area contributed by atoms with Gasteiger partial charge in [-0.05, 0) is 32.6 Å². The Morgan fingerprint density at radius 3 is 2.82 bits per heavy atom. The smallest absolute Gasteiger partial charge is 0.329 e. The molecule has 1 aromatic carbocycles. The molecule has 22 heavy (non-hydrogen) atoms. The molecule has 1 aromatic rings. The lowest BCUT2D eigenvalue weighted by atomic mass is 9.90. The van der Waals surface area contributed by atoms with Gasteiger partial charge in [-0.1, -0.05) is 36.4 Å². The Balaban J connectivity index is 1.84. The second-order valence-corrected chi connectivity index (χ2v) is 5.97. The van der Waals surface area contributed by atoms with E-state index in [0.717, 1.165) is 37.7 Å². The van der Waals surface area contributed by atoms with Crippen molar-refractivity contribution in [2.24, 2.45) is 0 Å². The molecule has 2 heterocycles. The molecule has 0 aliphatic carbocycles. The van der Waals surface area contributed by atoms with Gasteiger partial charge in [-0.25, -0.2) is 4.79 Å². The van der Waals surface area contributed by atoms with Crippen molar-refractivity contribution in [1.82, 2.24) is 5.06 Å². The molecule has 0 N–H and O–H groups in total. The molecule has 2 fully saturated rings. The third-order valence-electron chi connectivity index (χ3n) is 4.68. The van der Waals surface area contributed by atoms with Crippen LogP contribution >= 0.6 is 0 Å². The van der Waals surface area contributed by atoms with E-state index in [-0.39, 0.29) is 5.97 Å². The largest absolute Gasteiger partial charge is 0.465 e. The number of allylic oxidation sites excluding steroid dienone is 1. The van der Waals surface area contributed by atoms with E-state index in [9.17, 15) is 4.79 Å². The summed E-state index contributed by atoms with van der Waals surface area (Å²) in [6, 6.07) is 10.1. The highest BCUT2D eigenvalue weighted by atomic mass is 16.9. The summed E-state index contributed by atoms with van der Waals surface area (Å²) in [5.41, 5.74) is 0.0433. The second-order valence-electron chi connectivity index (χ2n) is 5.97. The lowest BCUT2D eigenvalue weighted by Crippen LogP contribution is -2.45. The average Bonchev–Trinajstić information content (AvgIpc) is 3.21. The minimum atomic E-state index is -0.644. The van der Waals surface area contributed by atoms with Crippen molar-refractivity contribution in [1.29, 1.82) is 0 Å². The molecule has 0 radical (unpaired) electrons. The summed E-state index contributed by atoms with van der Waals surface area (Å²) in [6.07, 6.45) is 6.04. The van der Waals surface area contributed by atoms with Crippen molar-refractivity contribution in [3.63, 3.8) is 0 Å². The molecule has 4 nitrogen and oxygen atoms in total. The summed E-state index contributed by atoms with van der Waals surface area (Å²) in [5, 5.41) is 1.89. The predicted octanol–water partition coefficient (Wildman–Crippen LogP) is 3.54. The molecular formula is C18H23NO3. The van der Waals surface area contributed by atoms with Gasteiger partial charge in [-0.15, -0.1) is 11.6 Å². The minimum absolute atomic E-state index is 0.158. The highest BCUT2D eigenvalue weighted by molar-refractivity contribution is 5.82. The molecule has 3 atom stereocenters. The van der Waals surface area contributed by atoms with Gasteiger partial charge in [0.25, 0.3) is 0 Å². The van der Waals surface area contributed by atoms with Crippen LogP contribution in [0.25, 0.3) is 0 Å². The van der Waals surface area contributed by atoms with Gasteiger partial charge in [0, 0.05) is 12.0 Å². The molecule has 2 aliphatic rings. The molecule has 0 spiro atoms. The highest BCUT2D eigenvalue weighted by Crippen LogP contribution is 2.61. The molecular weight excluding hydrogens is 278 g/mol. The van der Waals surface area contributed by atoms with Gasteiger partial charge in [-0.2, -0.15) is 0 Å². The lowest BCUT2D eigenvalue weighted by Gasteiger charge is -2.27. The quantitative estimate of drug-likeness (QED) is 0.334. The Hall–Kier alpha value is -1.65. The van der Waals surface area contributed by atoms with Crippen LogP contribution in [0.1, 0.15) is 44.6 Å². The van der Waals surface area contributed by atoms with Crippen molar-refractivity contribution >= 4 is 5.97 Å². The molecule has 0 bridgehead atoms. The number of ether oxygens (including phenoxy) is 1. The van der Waals surface area contributed by atoms with Gasteiger partial charge < -0.3 is 4.74 Å². The zero-order chi connectivity index (χ0) is 15.6. The zero-order valence-corrected chi connectivity index (χ0v) is 13.1. The maximum atomic E-state index is 12.6. The van der Waals surface area contributed by atoms with E-state index in [2.05, 4.69) is 18.7 Å². The van der Waals surface area contributed by atoms with E-state index < -0.39 is 11.3 Å². The molecule has 4 heteroatoms. The van der Waals surface area contributed by atoms with Gasteiger partial charge in [0.15, 0.2) is 5.72 Å². The summed E-state index contributed by atoms with van der Waals surface area (Å²) < 4.78 is 5.35. The monoisotopic (exact) mass is 301 g/mol. The number of carbonyl (C=O) groups excluding carboxylic acids is 1. The van der Waals surface area contributed by atoms with E-state index in [1.54, 1.807) is 0 Å². The van der Waals surface area contributed by atoms with Crippen LogP contribution in [0, 0.1) is 0 Å². The van der Waals surface area contributed by atoms with Crippen molar-refractivity contribution < 1.29 is 14.4 Å². The fourth-order valence-electron chi connectivity index (χ4n) is 3.52. The van der Waals surface area contributed by atoms with E-state index >= 15 is 0 Å². The number of hydrogen-bond acceptors (Lipinski definition) is 4. The van der Waals surface area contributed by atoms with E-state index in [1.807, 2.05) is 36.3 Å². The van der Waals surface area contributed by atoms with Crippen LogP contribution < -0.4 is 0 Å². The molecule has 2 saturated heterocycles. The highest BCUT2D eigenvalue weighted by Gasteiger charge is 2.73. The number of nitrogens with zero attached hydrogens (tertiary/aromatic N) is 1. The summed E-state index contributed by atoms with van der Waals surface area (Å²) in [7, 11) is 0. The summed E-state index contributed by atoms with van der Waals surface area (Å²) in [6.45, 7) is 6.00. The Labute approximate surface area is 131 Å². The van der Waals surface area contributed by atoms with Gasteiger partial charge in [0.2, 0.25) is 0 Å². The van der Waals surface area contributed by atoms with Crippen LogP contribution in [0.4, 0.5) is 0 Å². The topological polar surface area (TPSA) is 41.8 Å². The Morgan fingerprint density at radius 1 is 1.41 bits per heavy atom. The molecule has 2 aliphatic heterocycles. The van der Waals surface area contributed by atoms with Crippen molar-refractivity contribution in [2.75, 3.05) is 6.61 Å². The third kappa shape index (κ3) is 2.27. The molecule has 1 unspecified atom stereocenters. The van der Waals surface area contributed by atoms with Crippen LogP contribution in [-0.4, -0.2) is 23.2 Å².